The van der Waals surface area contributed by atoms with E-state index < -0.39 is 11.9 Å². The number of rotatable bonds is 5. The summed E-state index contributed by atoms with van der Waals surface area (Å²) in [7, 11) is 0. The van der Waals surface area contributed by atoms with Crippen LogP contribution in [0.3, 0.4) is 0 Å². The van der Waals surface area contributed by atoms with Gasteiger partial charge in [-0.2, -0.15) is 0 Å². The molecule has 1 fully saturated rings. The highest BCUT2D eigenvalue weighted by molar-refractivity contribution is 7.15. The van der Waals surface area contributed by atoms with Crippen LogP contribution in [-0.2, 0) is 17.6 Å². The molecule has 0 radical (unpaired) electrons. The van der Waals surface area contributed by atoms with Crippen LogP contribution in [-0.4, -0.2) is 22.4 Å². The highest BCUT2D eigenvalue weighted by atomic mass is 35.5. The minimum Gasteiger partial charge on any atom is -0.322 e. The molecular weight excluding hydrogens is 544 g/mol. The molecule has 0 saturated carbocycles. The van der Waals surface area contributed by atoms with Crippen molar-refractivity contribution < 1.29 is 14.4 Å². The Hall–Kier alpha value is -4.14. The Labute approximate surface area is 241 Å². The Kier molecular flexibility index (Phi) is 6.82. The standard InChI is InChI=1S/C31H27ClN4O3S/c1-18-16-20(17-25-29(38)36(31(39)34-25)23-14-12-21(32)13-15-23)19(2)35(18)30-27(24-10-6-7-11-26(24)40-30)28(37)33-22-8-4-3-5-9-22/h3-5,8-9,12-17H,6-7,10-11H2,1-2H3,(H,33,37)(H,34,39)/b25-17+. The van der Waals surface area contributed by atoms with Crippen LogP contribution in [0.25, 0.3) is 11.1 Å². The number of thiophene rings is 1. The normalized spacial score (nSPS) is 15.9. The van der Waals surface area contributed by atoms with Crippen LogP contribution in [0.15, 0.2) is 66.4 Å². The summed E-state index contributed by atoms with van der Waals surface area (Å²) < 4.78 is 2.09. The molecule has 2 N–H and O–H groups in total. The fraction of sp³-hybridized carbons (Fsp3) is 0.194. The van der Waals surface area contributed by atoms with Crippen molar-refractivity contribution in [3.63, 3.8) is 0 Å². The first-order chi connectivity index (χ1) is 19.3. The second-order valence-electron chi connectivity index (χ2n) is 9.98. The van der Waals surface area contributed by atoms with E-state index in [2.05, 4.69) is 15.2 Å². The maximum Gasteiger partial charge on any atom is 0.333 e. The molecule has 1 aliphatic heterocycles. The molecule has 1 saturated heterocycles. The van der Waals surface area contributed by atoms with Crippen LogP contribution in [0.2, 0.25) is 5.02 Å². The molecule has 0 atom stereocenters. The molecule has 0 unspecified atom stereocenters. The van der Waals surface area contributed by atoms with Crippen LogP contribution >= 0.6 is 22.9 Å². The number of nitrogens with one attached hydrogen (secondary N) is 2. The van der Waals surface area contributed by atoms with Gasteiger partial charge in [-0.25, -0.2) is 9.69 Å². The van der Waals surface area contributed by atoms with Gasteiger partial charge in [-0.15, -0.1) is 11.3 Å². The lowest BCUT2D eigenvalue weighted by Crippen LogP contribution is -2.30. The largest absolute Gasteiger partial charge is 0.333 e. The number of nitrogens with zero attached hydrogens (tertiary/aromatic N) is 2. The number of aryl methyl sites for hydroxylation is 2. The first-order valence-electron chi connectivity index (χ1n) is 13.1. The molecule has 4 aromatic rings. The van der Waals surface area contributed by atoms with Gasteiger partial charge in [0.25, 0.3) is 11.8 Å². The van der Waals surface area contributed by atoms with Gasteiger partial charge in [0, 0.05) is 27.0 Å². The fourth-order valence-corrected chi connectivity index (χ4v) is 7.04. The first-order valence-corrected chi connectivity index (χ1v) is 14.3. The summed E-state index contributed by atoms with van der Waals surface area (Å²) in [6.07, 6.45) is 5.71. The van der Waals surface area contributed by atoms with Crippen molar-refractivity contribution in [1.82, 2.24) is 9.88 Å². The lowest BCUT2D eigenvalue weighted by molar-refractivity contribution is -0.113. The number of amides is 4. The number of benzene rings is 2. The predicted octanol–water partition coefficient (Wildman–Crippen LogP) is 7.04. The molecule has 7 nitrogen and oxygen atoms in total. The SMILES string of the molecule is Cc1cc(/C=C2/NC(=O)N(c3ccc(Cl)cc3)C2=O)c(C)n1-c1sc2c(c1C(=O)Nc1ccccc1)CCCC2. The first kappa shape index (κ1) is 26.1. The quantitative estimate of drug-likeness (QED) is 0.199. The fourth-order valence-electron chi connectivity index (χ4n) is 5.42. The van der Waals surface area contributed by atoms with Crippen molar-refractivity contribution in [3.8, 4) is 5.00 Å². The molecule has 2 aromatic carbocycles. The summed E-state index contributed by atoms with van der Waals surface area (Å²) in [4.78, 5) is 42.0. The van der Waals surface area contributed by atoms with E-state index >= 15 is 0 Å². The molecule has 9 heteroatoms. The molecule has 4 amide bonds. The van der Waals surface area contributed by atoms with Crippen LogP contribution in [0.1, 0.15) is 50.6 Å². The third kappa shape index (κ3) is 4.63. The summed E-state index contributed by atoms with van der Waals surface area (Å²) in [6, 6.07) is 17.5. The van der Waals surface area contributed by atoms with Crippen molar-refractivity contribution in [2.45, 2.75) is 39.5 Å². The van der Waals surface area contributed by atoms with Crippen LogP contribution in [0.5, 0.6) is 0 Å². The number of carbonyl (C=O) groups is 3. The Balaban J connectivity index is 1.38. The Bertz CT molecular complexity index is 1690. The summed E-state index contributed by atoms with van der Waals surface area (Å²) in [5.74, 6) is -0.559. The number of aromatic nitrogens is 1. The zero-order valence-corrected chi connectivity index (χ0v) is 23.7. The van der Waals surface area contributed by atoms with Gasteiger partial charge in [-0.05, 0) is 99.2 Å². The van der Waals surface area contributed by atoms with Crippen molar-refractivity contribution in [2.75, 3.05) is 10.2 Å². The molecule has 0 spiro atoms. The maximum absolute atomic E-state index is 13.7. The molecule has 6 rings (SSSR count). The summed E-state index contributed by atoms with van der Waals surface area (Å²) in [5.41, 5.74) is 5.83. The number of hydrogen-bond acceptors (Lipinski definition) is 4. The number of urea groups is 1. The Morgan fingerprint density at radius 3 is 2.50 bits per heavy atom. The summed E-state index contributed by atoms with van der Waals surface area (Å²) in [6.45, 7) is 3.96. The molecule has 1 aliphatic carbocycles. The third-order valence-electron chi connectivity index (χ3n) is 7.35. The third-order valence-corrected chi connectivity index (χ3v) is 8.88. The van der Waals surface area contributed by atoms with E-state index in [9.17, 15) is 14.4 Å². The van der Waals surface area contributed by atoms with E-state index in [-0.39, 0.29) is 11.6 Å². The highest BCUT2D eigenvalue weighted by Crippen LogP contribution is 2.39. The number of para-hydroxylation sites is 1. The zero-order chi connectivity index (χ0) is 28.0. The second kappa shape index (κ2) is 10.4. The topological polar surface area (TPSA) is 83.4 Å². The highest BCUT2D eigenvalue weighted by Gasteiger charge is 2.35. The smallest absolute Gasteiger partial charge is 0.322 e. The van der Waals surface area contributed by atoms with Gasteiger partial charge in [0.15, 0.2) is 0 Å². The summed E-state index contributed by atoms with van der Waals surface area (Å²) in [5, 5.41) is 7.18. The van der Waals surface area contributed by atoms with Gasteiger partial charge in [0.2, 0.25) is 0 Å². The zero-order valence-electron chi connectivity index (χ0n) is 22.1. The van der Waals surface area contributed by atoms with Crippen LogP contribution in [0.4, 0.5) is 16.2 Å². The maximum atomic E-state index is 13.7. The summed E-state index contributed by atoms with van der Waals surface area (Å²) >= 11 is 7.64. The van der Waals surface area contributed by atoms with Gasteiger partial charge < -0.3 is 15.2 Å². The molecule has 40 heavy (non-hydrogen) atoms. The molecule has 2 aromatic heterocycles. The number of halogens is 1. The lowest BCUT2D eigenvalue weighted by Gasteiger charge is -2.14. The Morgan fingerprint density at radius 2 is 1.75 bits per heavy atom. The van der Waals surface area contributed by atoms with Gasteiger partial charge in [-0.1, -0.05) is 29.8 Å². The van der Waals surface area contributed by atoms with E-state index in [1.807, 2.05) is 50.2 Å². The van der Waals surface area contributed by atoms with E-state index in [4.69, 9.17) is 11.6 Å². The average molecular weight is 571 g/mol. The molecular formula is C31H27ClN4O3S. The average Bonchev–Trinajstić information content (AvgIpc) is 3.55. The van der Waals surface area contributed by atoms with E-state index in [1.165, 1.54) is 4.88 Å². The number of imide groups is 1. The van der Waals surface area contributed by atoms with Crippen molar-refractivity contribution in [1.29, 1.82) is 0 Å². The lowest BCUT2D eigenvalue weighted by atomic mass is 9.95. The number of hydrogen-bond donors (Lipinski definition) is 2. The van der Waals surface area contributed by atoms with Crippen LogP contribution < -0.4 is 15.5 Å². The molecule has 3 heterocycles. The van der Waals surface area contributed by atoms with Crippen molar-refractivity contribution in [3.05, 3.63) is 104 Å². The second-order valence-corrected chi connectivity index (χ2v) is 11.5. The van der Waals surface area contributed by atoms with Crippen molar-refractivity contribution >= 4 is 58.2 Å². The molecule has 202 valence electrons. The minimum absolute atomic E-state index is 0.121. The van der Waals surface area contributed by atoms with Gasteiger partial charge >= 0.3 is 6.03 Å². The Morgan fingerprint density at radius 1 is 1.02 bits per heavy atom. The molecule has 2 aliphatic rings. The van der Waals surface area contributed by atoms with E-state index in [0.29, 0.717) is 16.3 Å². The number of anilines is 2. The van der Waals surface area contributed by atoms with Gasteiger partial charge in [0.1, 0.15) is 10.7 Å². The number of fused-ring (bicyclic) bond motifs is 1. The van der Waals surface area contributed by atoms with E-state index in [1.54, 1.807) is 41.7 Å². The predicted molar refractivity (Wildman–Crippen MR) is 160 cm³/mol. The van der Waals surface area contributed by atoms with E-state index in [0.717, 1.165) is 63.8 Å². The van der Waals surface area contributed by atoms with Crippen LogP contribution in [0, 0.1) is 13.8 Å². The molecule has 0 bridgehead atoms. The van der Waals surface area contributed by atoms with Gasteiger partial charge in [0.05, 0.1) is 11.3 Å². The number of carbonyl (C=O) groups excluding carboxylic acids is 3. The van der Waals surface area contributed by atoms with Gasteiger partial charge in [-0.3, -0.25) is 9.59 Å². The monoisotopic (exact) mass is 570 g/mol. The van der Waals surface area contributed by atoms with Crippen molar-refractivity contribution in [2.24, 2.45) is 0 Å². The minimum atomic E-state index is -0.516.